The predicted molar refractivity (Wildman–Crippen MR) is 120 cm³/mol. The maximum Gasteiger partial charge on any atom is 0.490 e. The maximum atomic E-state index is 10.6. The van der Waals surface area contributed by atoms with Gasteiger partial charge in [0.05, 0.1) is 18.8 Å². The number of carboxylic acid groups (broad SMARTS) is 1. The topological polar surface area (TPSA) is 62.7 Å². The molecule has 3 rings (SSSR count). The van der Waals surface area contributed by atoms with Crippen LogP contribution in [0.25, 0.3) is 0 Å². The van der Waals surface area contributed by atoms with Gasteiger partial charge in [0.15, 0.2) is 0 Å². The lowest BCUT2D eigenvalue weighted by atomic mass is 9.67. The molecule has 2 unspecified atom stereocenters. The van der Waals surface area contributed by atoms with Gasteiger partial charge < -0.3 is 9.84 Å². The Hall–Kier alpha value is -1.19. The second-order valence-electron chi connectivity index (χ2n) is 10.6. The van der Waals surface area contributed by atoms with Gasteiger partial charge in [-0.15, -0.1) is 11.3 Å². The molecule has 2 atom stereocenters. The molecule has 1 saturated carbocycles. The summed E-state index contributed by atoms with van der Waals surface area (Å²) in [4.78, 5) is 18.2. The first-order valence-electron chi connectivity index (χ1n) is 11.2. The highest BCUT2D eigenvalue weighted by molar-refractivity contribution is 7.11. The van der Waals surface area contributed by atoms with Crippen molar-refractivity contribution in [2.45, 2.75) is 90.9 Å². The van der Waals surface area contributed by atoms with Crippen molar-refractivity contribution in [1.82, 2.24) is 9.88 Å². The van der Waals surface area contributed by atoms with Crippen LogP contribution in [0.2, 0.25) is 0 Å². The van der Waals surface area contributed by atoms with Crippen LogP contribution < -0.4 is 0 Å². The number of carbonyl (C=O) groups is 1. The van der Waals surface area contributed by atoms with Gasteiger partial charge in [0.1, 0.15) is 5.01 Å². The van der Waals surface area contributed by atoms with E-state index in [1.807, 2.05) is 18.4 Å². The van der Waals surface area contributed by atoms with Gasteiger partial charge in [0, 0.05) is 30.0 Å². The number of methoxy groups -OCH3 is 1. The van der Waals surface area contributed by atoms with Crippen LogP contribution in [0.15, 0.2) is 0 Å². The SMILES string of the molecule is COCCN(Cc1nc2c(s1)C(C)(C)CC(C)(C)C2)C1CCC(C)C1.O=C(O)C(F)(F)F. The van der Waals surface area contributed by atoms with Crippen molar-refractivity contribution in [3.05, 3.63) is 15.6 Å². The first-order chi connectivity index (χ1) is 14.6. The number of carboxylic acids is 1. The molecule has 1 aromatic rings. The molecule has 2 aliphatic carbocycles. The normalized spacial score (nSPS) is 24.1. The lowest BCUT2D eigenvalue weighted by Gasteiger charge is -2.39. The summed E-state index contributed by atoms with van der Waals surface area (Å²) in [6, 6.07) is 0.704. The van der Waals surface area contributed by atoms with Gasteiger partial charge in [-0.3, -0.25) is 4.90 Å². The van der Waals surface area contributed by atoms with Crippen LogP contribution in [0.1, 0.15) is 75.9 Å². The monoisotopic (exact) mass is 478 g/mol. The number of nitrogens with zero attached hydrogens (tertiary/aromatic N) is 2. The number of aromatic nitrogens is 1. The number of alkyl halides is 3. The predicted octanol–water partition coefficient (Wildman–Crippen LogP) is 5.66. The molecule has 0 aliphatic heterocycles. The van der Waals surface area contributed by atoms with Crippen molar-refractivity contribution >= 4 is 17.3 Å². The van der Waals surface area contributed by atoms with Gasteiger partial charge >= 0.3 is 12.1 Å². The van der Waals surface area contributed by atoms with Crippen LogP contribution in [0.4, 0.5) is 13.2 Å². The quantitative estimate of drug-likeness (QED) is 0.571. The Balaban J connectivity index is 0.000000451. The molecular formula is C23H37F3N2O3S. The summed E-state index contributed by atoms with van der Waals surface area (Å²) < 4.78 is 37.1. The number of fused-ring (bicyclic) bond motifs is 1. The fourth-order valence-electron chi connectivity index (χ4n) is 5.19. The standard InChI is InChI=1S/C21H36N2OS.C2HF3O2/c1-15-7-8-16(11-15)23(9-10-24-6)13-18-22-17-12-20(2,3)14-21(4,5)19(17)25-18;3-2(4,5)1(6)7/h15-16H,7-14H2,1-6H3;(H,6,7). The van der Waals surface area contributed by atoms with Crippen LogP contribution >= 0.6 is 11.3 Å². The first-order valence-corrected chi connectivity index (χ1v) is 12.0. The van der Waals surface area contributed by atoms with Crippen LogP contribution in [-0.2, 0) is 27.9 Å². The summed E-state index contributed by atoms with van der Waals surface area (Å²) in [5.74, 6) is -1.90. The average Bonchev–Trinajstić information content (AvgIpc) is 3.23. The van der Waals surface area contributed by atoms with Crippen LogP contribution in [0.3, 0.4) is 0 Å². The largest absolute Gasteiger partial charge is 0.490 e. The fraction of sp³-hybridized carbons (Fsp3) is 0.826. The number of hydrogen-bond acceptors (Lipinski definition) is 5. The number of halogens is 3. The van der Waals surface area contributed by atoms with E-state index in [1.54, 1.807) is 0 Å². The summed E-state index contributed by atoms with van der Waals surface area (Å²) in [5.41, 5.74) is 1.98. The molecule has 1 aromatic heterocycles. The highest BCUT2D eigenvalue weighted by Gasteiger charge is 2.40. The van der Waals surface area contributed by atoms with Crippen molar-refractivity contribution in [1.29, 1.82) is 0 Å². The van der Waals surface area contributed by atoms with Crippen molar-refractivity contribution in [3.63, 3.8) is 0 Å². The molecule has 2 aliphatic rings. The Kier molecular flexibility index (Phi) is 8.78. The highest BCUT2D eigenvalue weighted by atomic mass is 32.1. The van der Waals surface area contributed by atoms with Crippen LogP contribution in [0, 0.1) is 11.3 Å². The molecule has 1 heterocycles. The van der Waals surface area contributed by atoms with Gasteiger partial charge in [-0.1, -0.05) is 34.6 Å². The molecular weight excluding hydrogens is 441 g/mol. The van der Waals surface area contributed by atoms with E-state index >= 15 is 0 Å². The summed E-state index contributed by atoms with van der Waals surface area (Å²) >= 11 is 1.97. The van der Waals surface area contributed by atoms with E-state index in [-0.39, 0.29) is 5.41 Å². The Labute approximate surface area is 193 Å². The molecule has 0 amide bonds. The average molecular weight is 479 g/mol. The minimum absolute atomic E-state index is 0.256. The highest BCUT2D eigenvalue weighted by Crippen LogP contribution is 2.47. The Morgan fingerprint density at radius 2 is 1.91 bits per heavy atom. The lowest BCUT2D eigenvalue weighted by molar-refractivity contribution is -0.192. The second kappa shape index (κ2) is 10.4. The van der Waals surface area contributed by atoms with Gasteiger partial charge in [-0.2, -0.15) is 13.2 Å². The number of thiazole rings is 1. The van der Waals surface area contributed by atoms with Crippen molar-refractivity contribution in [2.75, 3.05) is 20.3 Å². The summed E-state index contributed by atoms with van der Waals surface area (Å²) in [6.07, 6.45) is 1.31. The van der Waals surface area contributed by atoms with Crippen LogP contribution in [-0.4, -0.2) is 53.4 Å². The van der Waals surface area contributed by atoms with E-state index in [9.17, 15) is 13.2 Å². The molecule has 0 spiro atoms. The number of rotatable bonds is 6. The smallest absolute Gasteiger partial charge is 0.475 e. The van der Waals surface area contributed by atoms with Gasteiger partial charge in [0.25, 0.3) is 0 Å². The minimum Gasteiger partial charge on any atom is -0.475 e. The maximum absolute atomic E-state index is 10.6. The zero-order valence-electron chi connectivity index (χ0n) is 20.0. The summed E-state index contributed by atoms with van der Waals surface area (Å²) in [7, 11) is 1.81. The molecule has 0 saturated heterocycles. The second-order valence-corrected chi connectivity index (χ2v) is 11.7. The third-order valence-electron chi connectivity index (χ3n) is 6.27. The molecule has 1 fully saturated rings. The molecule has 5 nitrogen and oxygen atoms in total. The third kappa shape index (κ3) is 7.42. The molecule has 184 valence electrons. The van der Waals surface area contributed by atoms with Crippen LogP contribution in [0.5, 0.6) is 0 Å². The fourth-order valence-corrected chi connectivity index (χ4v) is 6.40. The van der Waals surface area contributed by atoms with E-state index in [1.165, 1.54) is 41.3 Å². The van der Waals surface area contributed by atoms with E-state index in [0.717, 1.165) is 32.0 Å². The molecule has 0 aromatic carbocycles. The number of hydrogen-bond donors (Lipinski definition) is 1. The Morgan fingerprint density at radius 3 is 2.41 bits per heavy atom. The summed E-state index contributed by atoms with van der Waals surface area (Å²) in [6.45, 7) is 14.8. The van der Waals surface area contributed by atoms with Crippen molar-refractivity contribution < 1.29 is 27.8 Å². The first kappa shape index (κ1) is 27.1. The molecule has 0 bridgehead atoms. The zero-order valence-corrected chi connectivity index (χ0v) is 20.8. The summed E-state index contributed by atoms with van der Waals surface area (Å²) in [5, 5.41) is 8.44. The molecule has 0 radical (unpaired) electrons. The zero-order chi connectivity index (χ0) is 24.3. The number of aliphatic carboxylic acids is 1. The van der Waals surface area contributed by atoms with Crippen molar-refractivity contribution in [3.8, 4) is 0 Å². The van der Waals surface area contributed by atoms with E-state index in [0.29, 0.717) is 11.5 Å². The van der Waals surface area contributed by atoms with E-state index in [4.69, 9.17) is 19.6 Å². The molecule has 32 heavy (non-hydrogen) atoms. The van der Waals surface area contributed by atoms with Gasteiger partial charge in [-0.05, 0) is 43.4 Å². The molecule has 1 N–H and O–H groups in total. The number of ether oxygens (including phenoxy) is 1. The Bertz CT molecular complexity index is 777. The lowest BCUT2D eigenvalue weighted by Crippen LogP contribution is -2.35. The Morgan fingerprint density at radius 1 is 1.28 bits per heavy atom. The van der Waals surface area contributed by atoms with E-state index < -0.39 is 12.1 Å². The van der Waals surface area contributed by atoms with E-state index in [2.05, 4.69) is 39.5 Å². The molecule has 9 heteroatoms. The van der Waals surface area contributed by atoms with Gasteiger partial charge in [0.2, 0.25) is 0 Å². The van der Waals surface area contributed by atoms with Gasteiger partial charge in [-0.25, -0.2) is 9.78 Å². The van der Waals surface area contributed by atoms with Crippen molar-refractivity contribution in [2.24, 2.45) is 11.3 Å². The minimum atomic E-state index is -5.08. The third-order valence-corrected chi connectivity index (χ3v) is 7.72.